The minimum atomic E-state index is -0.0555. The lowest BCUT2D eigenvalue weighted by Gasteiger charge is -2.08. The molecule has 4 nitrogen and oxygen atoms in total. The smallest absolute Gasteiger partial charge is 0.227 e. The number of hydrogen-bond acceptors (Lipinski definition) is 4. The number of para-hydroxylation sites is 1. The summed E-state index contributed by atoms with van der Waals surface area (Å²) in [5, 5.41) is 12.5. The number of benzene rings is 1. The van der Waals surface area contributed by atoms with Crippen molar-refractivity contribution in [1.29, 1.82) is 0 Å². The van der Waals surface area contributed by atoms with Gasteiger partial charge in [0.25, 0.3) is 0 Å². The fourth-order valence-electron chi connectivity index (χ4n) is 2.23. The molecule has 1 aliphatic carbocycles. The van der Waals surface area contributed by atoms with Crippen molar-refractivity contribution >= 4 is 11.6 Å². The summed E-state index contributed by atoms with van der Waals surface area (Å²) in [5.41, 5.74) is 2.65. The Hall–Kier alpha value is -1.94. The van der Waals surface area contributed by atoms with E-state index >= 15 is 0 Å². The van der Waals surface area contributed by atoms with Crippen LogP contribution < -0.4 is 5.32 Å². The van der Waals surface area contributed by atoms with Gasteiger partial charge in [-0.05, 0) is 30.5 Å². The topological polar surface area (TPSA) is 58.0 Å². The van der Waals surface area contributed by atoms with Crippen LogP contribution >= 0.6 is 0 Å². The number of hydrogen-bond donors (Lipinski definition) is 2. The highest BCUT2D eigenvalue weighted by Crippen LogP contribution is 2.46. The summed E-state index contributed by atoms with van der Waals surface area (Å²) in [5.74, 6) is 1.77. The van der Waals surface area contributed by atoms with Crippen LogP contribution in [0.3, 0.4) is 0 Å². The first kappa shape index (κ1) is 12.1. The van der Waals surface area contributed by atoms with Crippen molar-refractivity contribution in [3.63, 3.8) is 0 Å². The summed E-state index contributed by atoms with van der Waals surface area (Å²) in [4.78, 5) is 8.87. The van der Waals surface area contributed by atoms with Gasteiger partial charge in [0.15, 0.2) is 0 Å². The van der Waals surface area contributed by atoms with E-state index in [9.17, 15) is 5.11 Å². The fourth-order valence-corrected chi connectivity index (χ4v) is 2.23. The molecule has 2 unspecified atom stereocenters. The second kappa shape index (κ2) is 4.97. The number of aromatic nitrogens is 2. The lowest BCUT2D eigenvalue weighted by Crippen LogP contribution is -2.03. The Morgan fingerprint density at radius 2 is 2.00 bits per heavy atom. The SMILES string of the molecule is CC1CC1c1cc(CO)nc(Nc2ccccc2)n1. The van der Waals surface area contributed by atoms with Gasteiger partial charge in [-0.1, -0.05) is 25.1 Å². The van der Waals surface area contributed by atoms with Crippen molar-refractivity contribution in [1.82, 2.24) is 9.97 Å². The third kappa shape index (κ3) is 2.74. The predicted molar refractivity (Wildman–Crippen MR) is 74.2 cm³/mol. The predicted octanol–water partition coefficient (Wildman–Crippen LogP) is 2.84. The van der Waals surface area contributed by atoms with E-state index in [1.807, 2.05) is 36.4 Å². The van der Waals surface area contributed by atoms with Crippen LogP contribution in [0.2, 0.25) is 0 Å². The zero-order valence-electron chi connectivity index (χ0n) is 10.9. The average Bonchev–Trinajstić information content (AvgIpc) is 3.17. The van der Waals surface area contributed by atoms with Crippen LogP contribution in [0.15, 0.2) is 36.4 Å². The molecule has 19 heavy (non-hydrogen) atoms. The Morgan fingerprint density at radius 3 is 2.63 bits per heavy atom. The minimum Gasteiger partial charge on any atom is -0.390 e. The van der Waals surface area contributed by atoms with Crippen LogP contribution in [0.1, 0.15) is 30.7 Å². The molecule has 1 aliphatic rings. The molecule has 1 heterocycles. The molecule has 0 radical (unpaired) electrons. The van der Waals surface area contributed by atoms with Gasteiger partial charge in [0, 0.05) is 17.3 Å². The van der Waals surface area contributed by atoms with Gasteiger partial charge in [0.2, 0.25) is 5.95 Å². The van der Waals surface area contributed by atoms with Gasteiger partial charge in [-0.3, -0.25) is 0 Å². The van der Waals surface area contributed by atoms with Crippen molar-refractivity contribution in [3.8, 4) is 0 Å². The quantitative estimate of drug-likeness (QED) is 0.882. The highest BCUT2D eigenvalue weighted by Gasteiger charge is 2.35. The van der Waals surface area contributed by atoms with Crippen LogP contribution in [0.4, 0.5) is 11.6 Å². The van der Waals surface area contributed by atoms with E-state index in [0.717, 1.165) is 11.4 Å². The standard InChI is InChI=1S/C15H17N3O/c1-10-7-13(10)14-8-12(9-19)17-15(18-14)16-11-5-3-2-4-6-11/h2-6,8,10,13,19H,7,9H2,1H3,(H,16,17,18). The molecule has 0 amide bonds. The molecule has 2 N–H and O–H groups in total. The van der Waals surface area contributed by atoms with E-state index in [1.165, 1.54) is 6.42 Å². The van der Waals surface area contributed by atoms with E-state index in [4.69, 9.17) is 0 Å². The van der Waals surface area contributed by atoms with Crippen molar-refractivity contribution < 1.29 is 5.11 Å². The Labute approximate surface area is 112 Å². The molecule has 0 saturated heterocycles. The number of aliphatic hydroxyl groups excluding tert-OH is 1. The summed E-state index contributed by atoms with van der Waals surface area (Å²) in [6.07, 6.45) is 1.17. The fraction of sp³-hybridized carbons (Fsp3) is 0.333. The van der Waals surface area contributed by atoms with Gasteiger partial charge < -0.3 is 10.4 Å². The summed E-state index contributed by atoms with van der Waals surface area (Å²) < 4.78 is 0. The largest absolute Gasteiger partial charge is 0.390 e. The first-order valence-electron chi connectivity index (χ1n) is 6.57. The molecule has 2 aromatic rings. The van der Waals surface area contributed by atoms with Crippen LogP contribution in [-0.2, 0) is 6.61 Å². The Bertz CT molecular complexity index is 571. The van der Waals surface area contributed by atoms with Crippen molar-refractivity contribution in [2.75, 3.05) is 5.32 Å². The third-order valence-electron chi connectivity index (χ3n) is 3.48. The molecule has 1 aromatic carbocycles. The molecule has 1 fully saturated rings. The zero-order chi connectivity index (χ0) is 13.2. The second-order valence-electron chi connectivity index (χ2n) is 5.08. The number of rotatable bonds is 4. The van der Waals surface area contributed by atoms with Gasteiger partial charge in [-0.15, -0.1) is 0 Å². The first-order valence-corrected chi connectivity index (χ1v) is 6.57. The minimum absolute atomic E-state index is 0.0555. The molecule has 0 spiro atoms. The maximum absolute atomic E-state index is 9.30. The van der Waals surface area contributed by atoms with E-state index in [-0.39, 0.29) is 6.61 Å². The van der Waals surface area contributed by atoms with Gasteiger partial charge in [0.1, 0.15) is 0 Å². The van der Waals surface area contributed by atoms with Gasteiger partial charge in [-0.2, -0.15) is 0 Å². The van der Waals surface area contributed by atoms with E-state index in [2.05, 4.69) is 22.2 Å². The molecule has 3 rings (SSSR count). The van der Waals surface area contributed by atoms with Crippen LogP contribution in [0.5, 0.6) is 0 Å². The first-order chi connectivity index (χ1) is 9.26. The monoisotopic (exact) mass is 255 g/mol. The van der Waals surface area contributed by atoms with Crippen LogP contribution in [-0.4, -0.2) is 15.1 Å². The van der Waals surface area contributed by atoms with Crippen molar-refractivity contribution in [2.45, 2.75) is 25.9 Å². The zero-order valence-corrected chi connectivity index (χ0v) is 10.9. The number of nitrogens with zero attached hydrogens (tertiary/aromatic N) is 2. The molecule has 0 aliphatic heterocycles. The highest BCUT2D eigenvalue weighted by atomic mass is 16.3. The molecule has 0 bridgehead atoms. The summed E-state index contributed by atoms with van der Waals surface area (Å²) in [7, 11) is 0. The van der Waals surface area contributed by atoms with Crippen LogP contribution in [0, 0.1) is 5.92 Å². The third-order valence-corrected chi connectivity index (χ3v) is 3.48. The Balaban J connectivity index is 1.88. The lowest BCUT2D eigenvalue weighted by molar-refractivity contribution is 0.276. The van der Waals surface area contributed by atoms with Crippen LogP contribution in [0.25, 0.3) is 0 Å². The van der Waals surface area contributed by atoms with Gasteiger partial charge in [0.05, 0.1) is 12.3 Å². The molecular weight excluding hydrogens is 238 g/mol. The van der Waals surface area contributed by atoms with E-state index in [0.29, 0.717) is 23.5 Å². The normalized spacial score (nSPS) is 21.2. The van der Waals surface area contributed by atoms with E-state index < -0.39 is 0 Å². The summed E-state index contributed by atoms with van der Waals surface area (Å²) >= 11 is 0. The highest BCUT2D eigenvalue weighted by molar-refractivity contribution is 5.53. The molecule has 98 valence electrons. The molecule has 1 aromatic heterocycles. The van der Waals surface area contributed by atoms with Gasteiger partial charge >= 0.3 is 0 Å². The molecule has 4 heteroatoms. The number of anilines is 2. The number of nitrogens with one attached hydrogen (secondary N) is 1. The summed E-state index contributed by atoms with van der Waals surface area (Å²) in [6, 6.07) is 11.7. The van der Waals surface area contributed by atoms with Crippen molar-refractivity contribution in [2.24, 2.45) is 5.92 Å². The second-order valence-corrected chi connectivity index (χ2v) is 5.08. The molecule has 1 saturated carbocycles. The maximum Gasteiger partial charge on any atom is 0.227 e. The van der Waals surface area contributed by atoms with E-state index in [1.54, 1.807) is 0 Å². The lowest BCUT2D eigenvalue weighted by atomic mass is 10.2. The number of aliphatic hydroxyl groups is 1. The average molecular weight is 255 g/mol. The maximum atomic E-state index is 9.30. The Morgan fingerprint density at radius 1 is 1.26 bits per heavy atom. The van der Waals surface area contributed by atoms with Gasteiger partial charge in [-0.25, -0.2) is 9.97 Å². The van der Waals surface area contributed by atoms with Crippen molar-refractivity contribution in [3.05, 3.63) is 47.8 Å². The summed E-state index contributed by atoms with van der Waals surface area (Å²) in [6.45, 7) is 2.16. The Kier molecular flexibility index (Phi) is 3.17. The molecular formula is C15H17N3O. The molecule has 2 atom stereocenters.